The maximum atomic E-state index is 12.9. The smallest absolute Gasteiger partial charge is 0.382 e. The average molecular weight is 497 g/mol. The molecule has 4 rings (SSSR count). The van der Waals surface area contributed by atoms with Crippen molar-refractivity contribution < 1.29 is 18.0 Å². The number of amides is 1. The monoisotopic (exact) mass is 496 g/mol. The first-order valence-corrected chi connectivity index (χ1v) is 11.8. The topological polar surface area (TPSA) is 64.6 Å². The van der Waals surface area contributed by atoms with Crippen LogP contribution in [0.1, 0.15) is 25.0 Å². The molecule has 2 saturated heterocycles. The first-order chi connectivity index (χ1) is 16.3. The van der Waals surface area contributed by atoms with Crippen LogP contribution in [0.3, 0.4) is 0 Å². The highest BCUT2D eigenvalue weighted by Crippen LogP contribution is 2.29. The molecule has 2 aromatic heterocycles. The minimum atomic E-state index is -4.47. The fourth-order valence-electron chi connectivity index (χ4n) is 4.35. The van der Waals surface area contributed by atoms with Gasteiger partial charge in [0.25, 0.3) is 0 Å². The van der Waals surface area contributed by atoms with Gasteiger partial charge in [-0.3, -0.25) is 14.7 Å². The highest BCUT2D eigenvalue weighted by atomic mass is 35.5. The normalized spacial score (nSPS) is 18.2. The number of aromatic nitrogens is 2. The van der Waals surface area contributed by atoms with Crippen LogP contribution in [0, 0.1) is 0 Å². The summed E-state index contributed by atoms with van der Waals surface area (Å²) < 4.78 is 38.6. The van der Waals surface area contributed by atoms with Crippen molar-refractivity contribution in [1.82, 2.24) is 19.8 Å². The summed E-state index contributed by atoms with van der Waals surface area (Å²) in [6, 6.07) is 6.35. The summed E-state index contributed by atoms with van der Waals surface area (Å²) in [6.07, 6.45) is 0.209. The number of hydrogen-bond acceptors (Lipinski definition) is 6. The molecule has 2 aromatic rings. The molecule has 0 aliphatic carbocycles. The lowest BCUT2D eigenvalue weighted by molar-refractivity contribution is -0.141. The number of piperazine rings is 1. The molecule has 1 amide bonds. The zero-order chi connectivity index (χ0) is 24.1. The highest BCUT2D eigenvalue weighted by Gasteiger charge is 2.33. The van der Waals surface area contributed by atoms with Crippen molar-refractivity contribution in [3.8, 4) is 0 Å². The number of hydrogen-bond donors (Lipinski definition) is 1. The SMILES string of the molecule is O=C(CCN1CCN(c2ccc(Cl)cn2)CC1)N1CCC(Nc2ccnc(C(F)(F)F)c2)CC1. The lowest BCUT2D eigenvalue weighted by Crippen LogP contribution is -2.48. The Labute approximate surface area is 201 Å². The molecule has 1 N–H and O–H groups in total. The van der Waals surface area contributed by atoms with E-state index in [0.717, 1.165) is 50.8 Å². The van der Waals surface area contributed by atoms with Crippen molar-refractivity contribution in [2.45, 2.75) is 31.5 Å². The minimum absolute atomic E-state index is 0.0297. The van der Waals surface area contributed by atoms with Gasteiger partial charge in [0, 0.05) is 76.4 Å². The molecule has 0 unspecified atom stereocenters. The van der Waals surface area contributed by atoms with E-state index in [9.17, 15) is 18.0 Å². The quantitative estimate of drug-likeness (QED) is 0.657. The molecule has 0 spiro atoms. The summed E-state index contributed by atoms with van der Waals surface area (Å²) in [4.78, 5) is 26.8. The number of nitrogens with zero attached hydrogens (tertiary/aromatic N) is 5. The van der Waals surface area contributed by atoms with Gasteiger partial charge in [0.2, 0.25) is 5.91 Å². The largest absolute Gasteiger partial charge is 0.433 e. The van der Waals surface area contributed by atoms with Gasteiger partial charge in [0.05, 0.1) is 5.02 Å². The molecule has 0 atom stereocenters. The van der Waals surface area contributed by atoms with Crippen LogP contribution in [0.2, 0.25) is 5.02 Å². The van der Waals surface area contributed by atoms with Crippen molar-refractivity contribution >= 4 is 29.0 Å². The summed E-state index contributed by atoms with van der Waals surface area (Å²) in [6.45, 7) is 5.37. The van der Waals surface area contributed by atoms with Crippen molar-refractivity contribution in [3.63, 3.8) is 0 Å². The van der Waals surface area contributed by atoms with Gasteiger partial charge in [-0.15, -0.1) is 0 Å². The number of rotatable bonds is 6. The van der Waals surface area contributed by atoms with Crippen molar-refractivity contribution in [2.24, 2.45) is 0 Å². The fourth-order valence-corrected chi connectivity index (χ4v) is 4.46. The molecule has 0 aromatic carbocycles. The van der Waals surface area contributed by atoms with E-state index in [1.165, 1.54) is 6.07 Å². The number of halogens is 4. The lowest BCUT2D eigenvalue weighted by Gasteiger charge is -2.36. The molecular formula is C23H28ClF3N6O. The molecule has 7 nitrogen and oxygen atoms in total. The second kappa shape index (κ2) is 10.8. The van der Waals surface area contributed by atoms with Gasteiger partial charge in [-0.05, 0) is 37.1 Å². The number of pyridine rings is 2. The van der Waals surface area contributed by atoms with Crippen LogP contribution in [0.15, 0.2) is 36.7 Å². The van der Waals surface area contributed by atoms with Gasteiger partial charge in [-0.2, -0.15) is 13.2 Å². The standard InChI is InChI=1S/C23H28ClF3N6O/c24-17-1-2-21(29-16-17)32-13-11-31(12-14-32)8-6-22(34)33-9-4-18(5-10-33)30-19-3-7-28-20(15-19)23(25,26)27/h1-3,7,15-16,18H,4-6,8-14H2,(H,28,30). The number of nitrogens with one attached hydrogen (secondary N) is 1. The summed E-state index contributed by atoms with van der Waals surface area (Å²) >= 11 is 5.91. The van der Waals surface area contributed by atoms with Crippen molar-refractivity contribution in [2.75, 3.05) is 56.0 Å². The molecule has 4 heterocycles. The van der Waals surface area contributed by atoms with Gasteiger partial charge >= 0.3 is 6.18 Å². The third-order valence-corrected chi connectivity index (χ3v) is 6.54. The van der Waals surface area contributed by atoms with Gasteiger partial charge in [0.1, 0.15) is 11.5 Å². The predicted octanol–water partition coefficient (Wildman–Crippen LogP) is 3.76. The van der Waals surface area contributed by atoms with Crippen LogP contribution in [0.5, 0.6) is 0 Å². The maximum absolute atomic E-state index is 12.9. The Kier molecular flexibility index (Phi) is 7.77. The van der Waals surface area contributed by atoms with Crippen LogP contribution >= 0.6 is 11.6 Å². The Balaban J connectivity index is 1.16. The Bertz CT molecular complexity index is 958. The molecule has 0 radical (unpaired) electrons. The fraction of sp³-hybridized carbons (Fsp3) is 0.522. The van der Waals surface area contributed by atoms with Gasteiger partial charge in [-0.25, -0.2) is 4.98 Å². The first kappa shape index (κ1) is 24.5. The molecule has 11 heteroatoms. The van der Waals surface area contributed by atoms with E-state index < -0.39 is 11.9 Å². The first-order valence-electron chi connectivity index (χ1n) is 11.4. The zero-order valence-corrected chi connectivity index (χ0v) is 19.5. The number of carbonyl (C=O) groups is 1. The summed E-state index contributed by atoms with van der Waals surface area (Å²) in [5.74, 6) is 1.04. The number of piperidine rings is 1. The van der Waals surface area contributed by atoms with Gasteiger partial charge < -0.3 is 15.1 Å². The molecule has 2 aliphatic rings. The van der Waals surface area contributed by atoms with Crippen LogP contribution in [0.4, 0.5) is 24.7 Å². The summed E-state index contributed by atoms with van der Waals surface area (Å²) in [7, 11) is 0. The number of likely N-dealkylation sites (tertiary alicyclic amines) is 1. The van der Waals surface area contributed by atoms with E-state index in [2.05, 4.69) is 25.1 Å². The third-order valence-electron chi connectivity index (χ3n) is 6.32. The highest BCUT2D eigenvalue weighted by molar-refractivity contribution is 6.30. The molecule has 0 saturated carbocycles. The van der Waals surface area contributed by atoms with Gasteiger partial charge in [0.15, 0.2) is 0 Å². The van der Waals surface area contributed by atoms with E-state index in [1.54, 1.807) is 6.20 Å². The number of carbonyl (C=O) groups excluding carboxylic acids is 1. The van der Waals surface area contributed by atoms with E-state index in [1.807, 2.05) is 17.0 Å². The number of alkyl halides is 3. The lowest BCUT2D eigenvalue weighted by atomic mass is 10.0. The second-order valence-electron chi connectivity index (χ2n) is 8.64. The summed E-state index contributed by atoms with van der Waals surface area (Å²) in [5.41, 5.74) is -0.504. The van der Waals surface area contributed by atoms with E-state index in [-0.39, 0.29) is 11.9 Å². The molecule has 34 heavy (non-hydrogen) atoms. The Hall–Kier alpha value is -2.59. The van der Waals surface area contributed by atoms with E-state index in [0.29, 0.717) is 43.1 Å². The average Bonchev–Trinajstić information content (AvgIpc) is 2.83. The van der Waals surface area contributed by atoms with Crippen molar-refractivity contribution in [1.29, 1.82) is 0 Å². The predicted molar refractivity (Wildman–Crippen MR) is 125 cm³/mol. The van der Waals surface area contributed by atoms with E-state index >= 15 is 0 Å². The van der Waals surface area contributed by atoms with Gasteiger partial charge in [-0.1, -0.05) is 11.6 Å². The Morgan fingerprint density at radius 3 is 2.44 bits per heavy atom. The Morgan fingerprint density at radius 2 is 1.79 bits per heavy atom. The van der Waals surface area contributed by atoms with Crippen LogP contribution < -0.4 is 10.2 Å². The molecule has 2 fully saturated rings. The second-order valence-corrected chi connectivity index (χ2v) is 9.08. The number of anilines is 2. The van der Waals surface area contributed by atoms with Crippen LogP contribution in [-0.4, -0.2) is 77.5 Å². The Morgan fingerprint density at radius 1 is 1.06 bits per heavy atom. The van der Waals surface area contributed by atoms with E-state index in [4.69, 9.17) is 11.6 Å². The molecular weight excluding hydrogens is 469 g/mol. The maximum Gasteiger partial charge on any atom is 0.433 e. The molecule has 2 aliphatic heterocycles. The minimum Gasteiger partial charge on any atom is -0.382 e. The van der Waals surface area contributed by atoms with Crippen LogP contribution in [0.25, 0.3) is 0 Å². The molecule has 184 valence electrons. The summed E-state index contributed by atoms with van der Waals surface area (Å²) in [5, 5.41) is 3.77. The van der Waals surface area contributed by atoms with Crippen LogP contribution in [-0.2, 0) is 11.0 Å². The van der Waals surface area contributed by atoms with Crippen molar-refractivity contribution in [3.05, 3.63) is 47.4 Å². The zero-order valence-electron chi connectivity index (χ0n) is 18.8. The third kappa shape index (κ3) is 6.50. The molecule has 0 bridgehead atoms.